The predicted octanol–water partition coefficient (Wildman–Crippen LogP) is 0.829. The summed E-state index contributed by atoms with van der Waals surface area (Å²) in [4.78, 5) is 4.79. The van der Waals surface area contributed by atoms with Gasteiger partial charge in [-0.1, -0.05) is 12.1 Å². The van der Waals surface area contributed by atoms with Gasteiger partial charge in [-0.3, -0.25) is 4.68 Å². The van der Waals surface area contributed by atoms with E-state index in [4.69, 9.17) is 0 Å². The molecule has 1 unspecified atom stereocenters. The first-order chi connectivity index (χ1) is 13.1. The minimum Gasteiger partial charge on any atom is -0.383 e. The molecule has 1 atom stereocenters. The number of aliphatic imine (C=N–C) groups is 1. The molecular weight excluding hydrogens is 378 g/mol. The highest BCUT2D eigenvalue weighted by Crippen LogP contribution is 2.19. The quantitative estimate of drug-likeness (QED) is 0.442. The van der Waals surface area contributed by atoms with Crippen LogP contribution in [-0.2, 0) is 28.9 Å². The van der Waals surface area contributed by atoms with Crippen LogP contribution in [0.25, 0.3) is 0 Å². The molecule has 0 radical (unpaired) electrons. The molecular formula is C19H29N5O3S. The summed E-state index contributed by atoms with van der Waals surface area (Å²) in [6, 6.07) is 6.87. The van der Waals surface area contributed by atoms with Crippen molar-refractivity contribution in [2.75, 3.05) is 25.9 Å². The van der Waals surface area contributed by atoms with Gasteiger partial charge in [-0.2, -0.15) is 5.10 Å². The van der Waals surface area contributed by atoms with E-state index in [-0.39, 0.29) is 6.54 Å². The van der Waals surface area contributed by atoms with Gasteiger partial charge in [0.15, 0.2) is 15.8 Å². The van der Waals surface area contributed by atoms with Gasteiger partial charge in [0.2, 0.25) is 0 Å². The Bertz CT molecular complexity index is 902. The minimum absolute atomic E-state index is 0.192. The number of hydrogen-bond donors (Lipinski definition) is 3. The van der Waals surface area contributed by atoms with E-state index in [0.717, 1.165) is 5.56 Å². The largest absolute Gasteiger partial charge is 0.383 e. The van der Waals surface area contributed by atoms with Crippen LogP contribution in [0.4, 0.5) is 0 Å². The van der Waals surface area contributed by atoms with Crippen molar-refractivity contribution in [3.63, 3.8) is 0 Å². The third-order valence-electron chi connectivity index (χ3n) is 4.27. The van der Waals surface area contributed by atoms with Crippen molar-refractivity contribution in [2.45, 2.75) is 30.8 Å². The van der Waals surface area contributed by atoms with Gasteiger partial charge >= 0.3 is 0 Å². The molecule has 0 aliphatic carbocycles. The van der Waals surface area contributed by atoms with Crippen LogP contribution in [-0.4, -0.2) is 55.2 Å². The highest BCUT2D eigenvalue weighted by Gasteiger charge is 2.24. The van der Waals surface area contributed by atoms with Gasteiger partial charge in [-0.15, -0.1) is 0 Å². The molecule has 2 rings (SSSR count). The second-order valence-corrected chi connectivity index (χ2v) is 8.98. The van der Waals surface area contributed by atoms with Crippen molar-refractivity contribution in [3.8, 4) is 0 Å². The Morgan fingerprint density at radius 3 is 2.50 bits per heavy atom. The Morgan fingerprint density at radius 2 is 1.96 bits per heavy atom. The second kappa shape index (κ2) is 9.20. The molecule has 154 valence electrons. The van der Waals surface area contributed by atoms with E-state index >= 15 is 0 Å². The molecule has 1 heterocycles. The van der Waals surface area contributed by atoms with Gasteiger partial charge in [-0.05, 0) is 38.0 Å². The summed E-state index contributed by atoms with van der Waals surface area (Å²) in [5.74, 6) is 0.611. The Hall–Kier alpha value is -2.39. The molecule has 0 aliphatic heterocycles. The number of aliphatic hydroxyl groups is 1. The molecule has 0 saturated carbocycles. The molecule has 0 aliphatic rings. The van der Waals surface area contributed by atoms with Crippen LogP contribution in [0.3, 0.4) is 0 Å². The lowest BCUT2D eigenvalue weighted by atomic mass is 10.0. The van der Waals surface area contributed by atoms with Crippen molar-refractivity contribution < 1.29 is 13.5 Å². The monoisotopic (exact) mass is 407 g/mol. The Balaban J connectivity index is 1.94. The van der Waals surface area contributed by atoms with Crippen LogP contribution >= 0.6 is 0 Å². The number of hydrogen-bond acceptors (Lipinski definition) is 5. The maximum atomic E-state index is 11.5. The number of sulfone groups is 1. The molecule has 9 heteroatoms. The van der Waals surface area contributed by atoms with Gasteiger partial charge in [0.1, 0.15) is 5.60 Å². The minimum atomic E-state index is -3.18. The fourth-order valence-corrected chi connectivity index (χ4v) is 3.22. The lowest BCUT2D eigenvalue weighted by Crippen LogP contribution is -2.39. The zero-order valence-corrected chi connectivity index (χ0v) is 17.6. The Morgan fingerprint density at radius 1 is 1.29 bits per heavy atom. The summed E-state index contributed by atoms with van der Waals surface area (Å²) in [6.07, 6.45) is 5.32. The molecule has 8 nitrogen and oxygen atoms in total. The summed E-state index contributed by atoms with van der Waals surface area (Å²) < 4.78 is 24.7. The summed E-state index contributed by atoms with van der Waals surface area (Å²) in [5.41, 5.74) is 0.622. The van der Waals surface area contributed by atoms with Crippen LogP contribution < -0.4 is 10.6 Å². The normalized spacial score (nSPS) is 14.5. The van der Waals surface area contributed by atoms with Crippen LogP contribution in [0.2, 0.25) is 0 Å². The standard InChI is InChI=1S/C19H29N5O3S/c1-5-20-18(22-14-19(2,25)16-12-23-24(3)13-16)21-11-10-15-6-8-17(9-7-15)28(4,26)27/h6-9,12-13,25H,5,10-11,14H2,1-4H3,(H2,20,21,22). The number of nitrogens with zero attached hydrogens (tertiary/aromatic N) is 3. The highest BCUT2D eigenvalue weighted by molar-refractivity contribution is 7.90. The van der Waals surface area contributed by atoms with Gasteiger partial charge in [0, 0.05) is 38.2 Å². The Labute approximate surface area is 166 Å². The summed E-state index contributed by atoms with van der Waals surface area (Å²) in [5, 5.41) is 21.1. The van der Waals surface area contributed by atoms with E-state index < -0.39 is 15.4 Å². The van der Waals surface area contributed by atoms with E-state index in [9.17, 15) is 13.5 Å². The number of aromatic nitrogens is 2. The fraction of sp³-hybridized carbons (Fsp3) is 0.474. The van der Waals surface area contributed by atoms with Crippen molar-refractivity contribution in [1.82, 2.24) is 20.4 Å². The van der Waals surface area contributed by atoms with Gasteiger partial charge in [0.25, 0.3) is 0 Å². The lowest BCUT2D eigenvalue weighted by molar-refractivity contribution is 0.0672. The molecule has 1 aromatic heterocycles. The van der Waals surface area contributed by atoms with E-state index in [1.807, 2.05) is 19.1 Å². The molecule has 0 fully saturated rings. The lowest BCUT2D eigenvalue weighted by Gasteiger charge is -2.20. The van der Waals surface area contributed by atoms with E-state index in [1.54, 1.807) is 43.2 Å². The van der Waals surface area contributed by atoms with Crippen LogP contribution in [0.15, 0.2) is 46.5 Å². The fourth-order valence-electron chi connectivity index (χ4n) is 2.59. The zero-order chi connectivity index (χ0) is 20.8. The first-order valence-electron chi connectivity index (χ1n) is 9.14. The highest BCUT2D eigenvalue weighted by atomic mass is 32.2. The van der Waals surface area contributed by atoms with E-state index in [0.29, 0.717) is 35.9 Å². The number of aryl methyl sites for hydroxylation is 1. The number of rotatable bonds is 8. The van der Waals surface area contributed by atoms with Crippen LogP contribution in [0.1, 0.15) is 25.0 Å². The van der Waals surface area contributed by atoms with E-state index in [1.165, 1.54) is 6.26 Å². The SMILES string of the molecule is CCNC(=NCC(C)(O)c1cnn(C)c1)NCCc1ccc(S(C)(=O)=O)cc1. The Kier molecular flexibility index (Phi) is 7.20. The average molecular weight is 408 g/mol. The maximum absolute atomic E-state index is 11.5. The molecule has 1 aromatic carbocycles. The molecule has 0 bridgehead atoms. The number of guanidine groups is 1. The smallest absolute Gasteiger partial charge is 0.191 e. The molecule has 0 amide bonds. The molecule has 28 heavy (non-hydrogen) atoms. The average Bonchev–Trinajstić information content (AvgIpc) is 3.07. The third kappa shape index (κ3) is 6.35. The van der Waals surface area contributed by atoms with Gasteiger partial charge in [-0.25, -0.2) is 13.4 Å². The van der Waals surface area contributed by atoms with Crippen molar-refractivity contribution in [3.05, 3.63) is 47.8 Å². The third-order valence-corrected chi connectivity index (χ3v) is 5.40. The molecule has 2 aromatic rings. The summed E-state index contributed by atoms with van der Waals surface area (Å²) in [7, 11) is -1.38. The topological polar surface area (TPSA) is 109 Å². The molecule has 3 N–H and O–H groups in total. The first-order valence-corrected chi connectivity index (χ1v) is 11.0. The van der Waals surface area contributed by atoms with Gasteiger partial charge < -0.3 is 15.7 Å². The second-order valence-electron chi connectivity index (χ2n) is 6.96. The number of nitrogens with one attached hydrogen (secondary N) is 2. The summed E-state index contributed by atoms with van der Waals surface area (Å²) >= 11 is 0. The first kappa shape index (κ1) is 21.9. The van der Waals surface area contributed by atoms with Gasteiger partial charge in [0.05, 0.1) is 17.6 Å². The molecule has 0 spiro atoms. The van der Waals surface area contributed by atoms with Crippen molar-refractivity contribution in [1.29, 1.82) is 0 Å². The van der Waals surface area contributed by atoms with Crippen LogP contribution in [0, 0.1) is 0 Å². The van der Waals surface area contributed by atoms with Crippen LogP contribution in [0.5, 0.6) is 0 Å². The predicted molar refractivity (Wildman–Crippen MR) is 110 cm³/mol. The zero-order valence-electron chi connectivity index (χ0n) is 16.8. The number of benzene rings is 1. The maximum Gasteiger partial charge on any atom is 0.191 e. The van der Waals surface area contributed by atoms with Crippen molar-refractivity contribution >= 4 is 15.8 Å². The molecule has 0 saturated heterocycles. The summed E-state index contributed by atoms with van der Waals surface area (Å²) in [6.45, 7) is 5.20. The van der Waals surface area contributed by atoms with E-state index in [2.05, 4.69) is 20.7 Å². The van der Waals surface area contributed by atoms with Crippen molar-refractivity contribution in [2.24, 2.45) is 12.0 Å².